The maximum Gasteiger partial charge on any atom is 0.334 e. The molecule has 0 amide bonds. The largest absolute Gasteiger partial charge is 0.461 e. The highest BCUT2D eigenvalue weighted by molar-refractivity contribution is 5.96. The van der Waals surface area contributed by atoms with Crippen LogP contribution in [0.2, 0.25) is 0 Å². The number of hydrogen-bond acceptors (Lipinski definition) is 3. The zero-order valence-corrected chi connectivity index (χ0v) is 9.69. The van der Waals surface area contributed by atoms with Gasteiger partial charge in [0, 0.05) is 12.1 Å². The minimum absolute atomic E-state index is 0.262. The highest BCUT2D eigenvalue weighted by Crippen LogP contribution is 2.18. The van der Waals surface area contributed by atoms with Gasteiger partial charge in [0.2, 0.25) is 0 Å². The average Bonchev–Trinajstić information content (AvgIpc) is 2.35. The molecule has 1 aromatic rings. The van der Waals surface area contributed by atoms with Gasteiger partial charge in [0.05, 0.1) is 0 Å². The molecule has 0 heterocycles. The Bertz CT molecular complexity index is 382. The molecule has 2 N–H and O–H groups in total. The molecular weight excluding hydrogens is 202 g/mol. The van der Waals surface area contributed by atoms with Crippen molar-refractivity contribution >= 4 is 11.5 Å². The number of carbonyl (C=O) groups is 1. The fourth-order valence-electron chi connectivity index (χ4n) is 1.32. The number of hydrogen-bond donors (Lipinski definition) is 1. The number of benzene rings is 1. The first kappa shape index (κ1) is 12.5. The predicted molar refractivity (Wildman–Crippen MR) is 64.7 cm³/mol. The van der Waals surface area contributed by atoms with E-state index in [1.165, 1.54) is 0 Å². The smallest absolute Gasteiger partial charge is 0.334 e. The first-order valence-electron chi connectivity index (χ1n) is 5.27. The van der Waals surface area contributed by atoms with Gasteiger partial charge in [-0.05, 0) is 25.0 Å². The second kappa shape index (κ2) is 6.08. The zero-order valence-electron chi connectivity index (χ0n) is 9.69. The van der Waals surface area contributed by atoms with Crippen molar-refractivity contribution in [3.63, 3.8) is 0 Å². The van der Waals surface area contributed by atoms with E-state index in [-0.39, 0.29) is 12.6 Å². The number of esters is 1. The summed E-state index contributed by atoms with van der Waals surface area (Å²) in [5.41, 5.74) is 7.86. The summed E-state index contributed by atoms with van der Waals surface area (Å²) in [4.78, 5) is 11.6. The highest BCUT2D eigenvalue weighted by Gasteiger charge is 2.09. The fraction of sp³-hybridized carbons (Fsp3) is 0.308. The molecule has 0 atom stereocenters. The second-order valence-electron chi connectivity index (χ2n) is 3.54. The van der Waals surface area contributed by atoms with E-state index in [2.05, 4.69) is 0 Å². The Kier molecular flexibility index (Phi) is 4.73. The molecule has 0 saturated carbocycles. The molecule has 0 aromatic heterocycles. The molecule has 0 aliphatic rings. The van der Waals surface area contributed by atoms with Gasteiger partial charge in [-0.25, -0.2) is 4.79 Å². The van der Waals surface area contributed by atoms with Crippen LogP contribution in [0.15, 0.2) is 35.9 Å². The Morgan fingerprint density at radius 3 is 2.44 bits per heavy atom. The lowest BCUT2D eigenvalue weighted by Gasteiger charge is -2.07. The van der Waals surface area contributed by atoms with Gasteiger partial charge in [0.25, 0.3) is 0 Å². The molecule has 0 bridgehead atoms. The van der Waals surface area contributed by atoms with Gasteiger partial charge in [0.1, 0.15) is 6.61 Å². The van der Waals surface area contributed by atoms with Crippen molar-refractivity contribution in [3.8, 4) is 0 Å². The third-order valence-electron chi connectivity index (χ3n) is 2.43. The number of rotatable bonds is 4. The van der Waals surface area contributed by atoms with Crippen molar-refractivity contribution in [1.29, 1.82) is 0 Å². The molecule has 0 aliphatic carbocycles. The van der Waals surface area contributed by atoms with Crippen LogP contribution < -0.4 is 5.73 Å². The monoisotopic (exact) mass is 219 g/mol. The molecule has 3 nitrogen and oxygen atoms in total. The minimum atomic E-state index is -0.299. The summed E-state index contributed by atoms with van der Waals surface area (Å²) in [6.45, 7) is 4.29. The van der Waals surface area contributed by atoms with Gasteiger partial charge >= 0.3 is 5.97 Å². The number of carbonyl (C=O) groups excluding carboxylic acids is 1. The normalized spacial score (nSPS) is 11.9. The summed E-state index contributed by atoms with van der Waals surface area (Å²) >= 11 is 0. The van der Waals surface area contributed by atoms with Crippen LogP contribution in [0.1, 0.15) is 19.4 Å². The summed E-state index contributed by atoms with van der Waals surface area (Å²) in [5.74, 6) is -0.299. The van der Waals surface area contributed by atoms with Crippen molar-refractivity contribution in [2.24, 2.45) is 5.73 Å². The van der Waals surface area contributed by atoms with Crippen molar-refractivity contribution in [2.45, 2.75) is 13.8 Å². The lowest BCUT2D eigenvalue weighted by Crippen LogP contribution is -2.14. The lowest BCUT2D eigenvalue weighted by molar-refractivity contribution is -0.138. The van der Waals surface area contributed by atoms with Crippen LogP contribution in [-0.4, -0.2) is 19.1 Å². The van der Waals surface area contributed by atoms with Crippen LogP contribution in [0.4, 0.5) is 0 Å². The quantitative estimate of drug-likeness (QED) is 0.622. The third-order valence-corrected chi connectivity index (χ3v) is 2.43. The van der Waals surface area contributed by atoms with E-state index < -0.39 is 0 Å². The van der Waals surface area contributed by atoms with E-state index in [4.69, 9.17) is 10.5 Å². The molecule has 0 aliphatic heterocycles. The molecule has 0 fully saturated rings. The molecular formula is C13H17NO2. The summed E-state index contributed by atoms with van der Waals surface area (Å²) < 4.78 is 4.97. The molecule has 86 valence electrons. The van der Waals surface area contributed by atoms with Crippen molar-refractivity contribution in [2.75, 3.05) is 13.2 Å². The molecule has 0 unspecified atom stereocenters. The second-order valence-corrected chi connectivity index (χ2v) is 3.54. The fourth-order valence-corrected chi connectivity index (χ4v) is 1.32. The average molecular weight is 219 g/mol. The molecule has 16 heavy (non-hydrogen) atoms. The molecule has 3 heteroatoms. The maximum atomic E-state index is 11.6. The summed E-state index contributed by atoms with van der Waals surface area (Å²) in [6, 6.07) is 9.76. The minimum Gasteiger partial charge on any atom is -0.461 e. The van der Waals surface area contributed by atoms with Crippen LogP contribution in [0.25, 0.3) is 5.57 Å². The highest BCUT2D eigenvalue weighted by atomic mass is 16.5. The van der Waals surface area contributed by atoms with Gasteiger partial charge in [-0.15, -0.1) is 0 Å². The van der Waals surface area contributed by atoms with E-state index in [1.807, 2.05) is 37.3 Å². The molecule has 1 aromatic carbocycles. The van der Waals surface area contributed by atoms with Crippen LogP contribution in [0.3, 0.4) is 0 Å². The number of allylic oxidation sites excluding steroid dienone is 1. The molecule has 0 saturated heterocycles. The van der Waals surface area contributed by atoms with Gasteiger partial charge < -0.3 is 10.5 Å². The first-order valence-corrected chi connectivity index (χ1v) is 5.27. The van der Waals surface area contributed by atoms with E-state index in [0.717, 1.165) is 11.1 Å². The van der Waals surface area contributed by atoms with E-state index in [9.17, 15) is 4.79 Å². The summed E-state index contributed by atoms with van der Waals surface area (Å²) in [6.07, 6.45) is 0. The Hall–Kier alpha value is -1.61. The van der Waals surface area contributed by atoms with E-state index in [1.54, 1.807) is 6.92 Å². The Morgan fingerprint density at radius 1 is 1.25 bits per heavy atom. The third kappa shape index (κ3) is 3.21. The van der Waals surface area contributed by atoms with Crippen molar-refractivity contribution in [1.82, 2.24) is 0 Å². The molecule has 0 radical (unpaired) electrons. The summed E-state index contributed by atoms with van der Waals surface area (Å²) in [7, 11) is 0. The number of ether oxygens (including phenoxy) is 1. The topological polar surface area (TPSA) is 52.3 Å². The standard InChI is InChI=1S/C13H17NO2/c1-10(12-6-4-3-5-7-12)11(2)13(15)16-9-8-14/h3-7H,8-9,14H2,1-2H3. The Morgan fingerprint density at radius 2 is 1.88 bits per heavy atom. The zero-order chi connectivity index (χ0) is 12.0. The molecule has 0 spiro atoms. The number of nitrogens with two attached hydrogens (primary N) is 1. The van der Waals surface area contributed by atoms with Crippen molar-refractivity contribution < 1.29 is 9.53 Å². The van der Waals surface area contributed by atoms with Gasteiger partial charge in [-0.2, -0.15) is 0 Å². The molecule has 1 rings (SSSR count). The van der Waals surface area contributed by atoms with Gasteiger partial charge in [0.15, 0.2) is 0 Å². The SMILES string of the molecule is CC(C(=O)OCCN)=C(C)c1ccccc1. The van der Waals surface area contributed by atoms with Gasteiger partial charge in [-0.3, -0.25) is 0 Å². The summed E-state index contributed by atoms with van der Waals surface area (Å²) in [5, 5.41) is 0. The Labute approximate surface area is 95.9 Å². The lowest BCUT2D eigenvalue weighted by atomic mass is 10.0. The Balaban J connectivity index is 2.84. The van der Waals surface area contributed by atoms with Crippen molar-refractivity contribution in [3.05, 3.63) is 41.5 Å². The predicted octanol–water partition coefficient (Wildman–Crippen LogP) is 1.98. The van der Waals surface area contributed by atoms with Gasteiger partial charge in [-0.1, -0.05) is 30.3 Å². The van der Waals surface area contributed by atoms with Crippen LogP contribution in [-0.2, 0) is 9.53 Å². The van der Waals surface area contributed by atoms with Crippen LogP contribution >= 0.6 is 0 Å². The first-order chi connectivity index (χ1) is 7.66. The van der Waals surface area contributed by atoms with Crippen LogP contribution in [0.5, 0.6) is 0 Å². The van der Waals surface area contributed by atoms with Crippen LogP contribution in [0, 0.1) is 0 Å². The van der Waals surface area contributed by atoms with E-state index in [0.29, 0.717) is 12.1 Å². The maximum absolute atomic E-state index is 11.6. The van der Waals surface area contributed by atoms with E-state index >= 15 is 0 Å².